The summed E-state index contributed by atoms with van der Waals surface area (Å²) in [6, 6.07) is 7.73. The van der Waals surface area contributed by atoms with Crippen LogP contribution in [0.5, 0.6) is 0 Å². The minimum atomic E-state index is -3.77. The Bertz CT molecular complexity index is 731. The SMILES string of the molecule is C#CCNC(=O)CC1OC(CNS(=O)(=O)c2ccccc2)C(O)C1O. The van der Waals surface area contributed by atoms with Crippen molar-refractivity contribution in [3.63, 3.8) is 0 Å². The van der Waals surface area contributed by atoms with Gasteiger partial charge in [-0.2, -0.15) is 0 Å². The van der Waals surface area contributed by atoms with Gasteiger partial charge in [0.05, 0.1) is 24.0 Å². The van der Waals surface area contributed by atoms with Crippen molar-refractivity contribution in [3.05, 3.63) is 30.3 Å². The van der Waals surface area contributed by atoms with E-state index in [0.29, 0.717) is 0 Å². The first-order valence-electron chi connectivity index (χ1n) is 7.61. The molecule has 8 nitrogen and oxygen atoms in total. The highest BCUT2D eigenvalue weighted by Gasteiger charge is 2.43. The minimum absolute atomic E-state index is 0.0461. The molecule has 0 bridgehead atoms. The number of benzene rings is 1. The van der Waals surface area contributed by atoms with Gasteiger partial charge in [0.1, 0.15) is 18.3 Å². The van der Waals surface area contributed by atoms with Crippen molar-refractivity contribution in [2.45, 2.75) is 35.7 Å². The quantitative estimate of drug-likeness (QED) is 0.439. The third-order valence-electron chi connectivity index (χ3n) is 3.76. The van der Waals surface area contributed by atoms with Gasteiger partial charge < -0.3 is 20.3 Å². The molecule has 25 heavy (non-hydrogen) atoms. The molecule has 1 aromatic carbocycles. The second kappa shape index (κ2) is 8.42. The number of hydrogen-bond acceptors (Lipinski definition) is 6. The lowest BCUT2D eigenvalue weighted by Gasteiger charge is -2.15. The molecular formula is C16H20N2O6S. The number of carbonyl (C=O) groups is 1. The first-order valence-corrected chi connectivity index (χ1v) is 9.10. The predicted octanol–water partition coefficient (Wildman–Crippen LogP) is -1.41. The van der Waals surface area contributed by atoms with Gasteiger partial charge in [0.15, 0.2) is 0 Å². The van der Waals surface area contributed by atoms with Gasteiger partial charge in [-0.15, -0.1) is 6.42 Å². The predicted molar refractivity (Wildman–Crippen MR) is 88.8 cm³/mol. The molecule has 9 heteroatoms. The Balaban J connectivity index is 1.93. The molecule has 4 atom stereocenters. The Morgan fingerprint density at radius 3 is 2.48 bits per heavy atom. The van der Waals surface area contributed by atoms with Gasteiger partial charge in [0.25, 0.3) is 0 Å². The van der Waals surface area contributed by atoms with Crippen LogP contribution in [0.1, 0.15) is 6.42 Å². The number of aliphatic hydroxyl groups is 2. The van der Waals surface area contributed by atoms with Crippen LogP contribution in [0.15, 0.2) is 35.2 Å². The van der Waals surface area contributed by atoms with Crippen molar-refractivity contribution in [2.24, 2.45) is 0 Å². The van der Waals surface area contributed by atoms with Gasteiger partial charge in [0, 0.05) is 6.54 Å². The van der Waals surface area contributed by atoms with Crippen LogP contribution in [0, 0.1) is 12.3 Å². The van der Waals surface area contributed by atoms with Crippen LogP contribution in [0.2, 0.25) is 0 Å². The fourth-order valence-corrected chi connectivity index (χ4v) is 3.51. The molecule has 1 aliphatic heterocycles. The number of terminal acetylenes is 1. The van der Waals surface area contributed by atoms with E-state index in [1.165, 1.54) is 12.1 Å². The molecule has 0 aromatic heterocycles. The fraction of sp³-hybridized carbons (Fsp3) is 0.438. The summed E-state index contributed by atoms with van der Waals surface area (Å²) in [6.45, 7) is -0.192. The number of sulfonamides is 1. The monoisotopic (exact) mass is 368 g/mol. The van der Waals surface area contributed by atoms with Crippen LogP contribution in [-0.2, 0) is 19.6 Å². The van der Waals surface area contributed by atoms with Gasteiger partial charge in [-0.1, -0.05) is 24.1 Å². The van der Waals surface area contributed by atoms with Crippen LogP contribution in [-0.4, -0.2) is 62.0 Å². The van der Waals surface area contributed by atoms with Crippen molar-refractivity contribution in [3.8, 4) is 12.3 Å². The molecule has 1 aliphatic rings. The van der Waals surface area contributed by atoms with Gasteiger partial charge in [0.2, 0.25) is 15.9 Å². The van der Waals surface area contributed by atoms with Crippen LogP contribution < -0.4 is 10.0 Å². The molecule has 1 amide bonds. The normalized spacial score (nSPS) is 26.1. The molecule has 0 saturated carbocycles. The maximum atomic E-state index is 12.2. The number of aliphatic hydroxyl groups excluding tert-OH is 2. The number of nitrogens with one attached hydrogen (secondary N) is 2. The van der Waals surface area contributed by atoms with E-state index in [-0.39, 0.29) is 24.4 Å². The second-order valence-electron chi connectivity index (χ2n) is 5.54. The van der Waals surface area contributed by atoms with Crippen molar-refractivity contribution in [2.75, 3.05) is 13.1 Å². The second-order valence-corrected chi connectivity index (χ2v) is 7.31. The summed E-state index contributed by atoms with van der Waals surface area (Å²) in [6.07, 6.45) is 0.304. The van der Waals surface area contributed by atoms with Crippen molar-refractivity contribution in [1.82, 2.24) is 10.0 Å². The molecule has 136 valence electrons. The minimum Gasteiger partial charge on any atom is -0.388 e. The van der Waals surface area contributed by atoms with Crippen LogP contribution >= 0.6 is 0 Å². The topological polar surface area (TPSA) is 125 Å². The summed E-state index contributed by atoms with van der Waals surface area (Å²) in [4.78, 5) is 11.7. The zero-order chi connectivity index (χ0) is 18.4. The average molecular weight is 368 g/mol. The highest BCUT2D eigenvalue weighted by Crippen LogP contribution is 2.23. The summed E-state index contributed by atoms with van der Waals surface area (Å²) in [5, 5.41) is 22.4. The molecule has 4 unspecified atom stereocenters. The number of hydrogen-bond donors (Lipinski definition) is 4. The molecule has 0 radical (unpaired) electrons. The Hall–Kier alpha value is -1.96. The summed E-state index contributed by atoms with van der Waals surface area (Å²) >= 11 is 0. The third kappa shape index (κ3) is 5.01. The smallest absolute Gasteiger partial charge is 0.240 e. The van der Waals surface area contributed by atoms with E-state index in [0.717, 1.165) is 0 Å². The first-order chi connectivity index (χ1) is 11.8. The van der Waals surface area contributed by atoms with E-state index in [1.807, 2.05) is 0 Å². The molecule has 4 N–H and O–H groups in total. The molecule has 1 saturated heterocycles. The highest BCUT2D eigenvalue weighted by molar-refractivity contribution is 7.89. The molecule has 0 aliphatic carbocycles. The van der Waals surface area contributed by atoms with E-state index in [9.17, 15) is 23.4 Å². The lowest BCUT2D eigenvalue weighted by atomic mass is 10.1. The zero-order valence-corrected chi connectivity index (χ0v) is 14.1. The molecule has 1 fully saturated rings. The fourth-order valence-electron chi connectivity index (χ4n) is 2.44. The Labute approximate surface area is 146 Å². The van der Waals surface area contributed by atoms with Gasteiger partial charge in [-0.05, 0) is 12.1 Å². The number of rotatable bonds is 7. The molecule has 0 spiro atoms. The lowest BCUT2D eigenvalue weighted by molar-refractivity contribution is -0.124. The van der Waals surface area contributed by atoms with E-state index in [2.05, 4.69) is 16.0 Å². The van der Waals surface area contributed by atoms with E-state index in [4.69, 9.17) is 11.2 Å². The molecule has 2 rings (SSSR count). The third-order valence-corrected chi connectivity index (χ3v) is 5.20. The molecular weight excluding hydrogens is 348 g/mol. The number of carbonyl (C=O) groups excluding carboxylic acids is 1. The lowest BCUT2D eigenvalue weighted by Crippen LogP contribution is -2.40. The van der Waals surface area contributed by atoms with Crippen LogP contribution in [0.25, 0.3) is 0 Å². The Kier molecular flexibility index (Phi) is 6.52. The van der Waals surface area contributed by atoms with Gasteiger partial charge >= 0.3 is 0 Å². The molecule has 1 aromatic rings. The Morgan fingerprint density at radius 2 is 1.84 bits per heavy atom. The standard InChI is InChI=1S/C16H20N2O6S/c1-2-8-17-14(19)9-12-15(20)16(21)13(24-12)10-18-25(22,23)11-6-4-3-5-7-11/h1,3-7,12-13,15-16,18,20-21H,8-10H2,(H,17,19). The van der Waals surface area contributed by atoms with Crippen LogP contribution in [0.4, 0.5) is 0 Å². The van der Waals surface area contributed by atoms with E-state index >= 15 is 0 Å². The Morgan fingerprint density at radius 1 is 1.20 bits per heavy atom. The largest absolute Gasteiger partial charge is 0.388 e. The van der Waals surface area contributed by atoms with E-state index in [1.54, 1.807) is 18.2 Å². The van der Waals surface area contributed by atoms with Crippen molar-refractivity contribution >= 4 is 15.9 Å². The number of amides is 1. The maximum Gasteiger partial charge on any atom is 0.240 e. The maximum absolute atomic E-state index is 12.2. The highest BCUT2D eigenvalue weighted by atomic mass is 32.2. The molecule has 1 heterocycles. The van der Waals surface area contributed by atoms with E-state index < -0.39 is 40.3 Å². The summed E-state index contributed by atoms with van der Waals surface area (Å²) < 4.78 is 32.1. The van der Waals surface area contributed by atoms with Crippen LogP contribution in [0.3, 0.4) is 0 Å². The zero-order valence-electron chi connectivity index (χ0n) is 13.3. The van der Waals surface area contributed by atoms with Gasteiger partial charge in [-0.3, -0.25) is 4.79 Å². The average Bonchev–Trinajstić information content (AvgIpc) is 2.87. The summed E-state index contributed by atoms with van der Waals surface area (Å²) in [5.41, 5.74) is 0. The first kappa shape index (κ1) is 19.4. The van der Waals surface area contributed by atoms with Gasteiger partial charge in [-0.25, -0.2) is 13.1 Å². The van der Waals surface area contributed by atoms with Crippen molar-refractivity contribution < 1.29 is 28.2 Å². The van der Waals surface area contributed by atoms with Crippen molar-refractivity contribution in [1.29, 1.82) is 0 Å². The summed E-state index contributed by atoms with van der Waals surface area (Å²) in [7, 11) is -3.77. The number of ether oxygens (including phenoxy) is 1. The summed E-state index contributed by atoms with van der Waals surface area (Å²) in [5.74, 6) is 1.81.